The Morgan fingerprint density at radius 1 is 0.931 bits per heavy atom. The summed E-state index contributed by atoms with van der Waals surface area (Å²) in [5, 5.41) is 0. The van der Waals surface area contributed by atoms with Crippen LogP contribution in [0.25, 0.3) is 5.57 Å². The third kappa shape index (κ3) is 8.74. The quantitative estimate of drug-likeness (QED) is 0.312. The summed E-state index contributed by atoms with van der Waals surface area (Å²) in [7, 11) is 0. The molecule has 0 heterocycles. The van der Waals surface area contributed by atoms with Crippen molar-refractivity contribution in [2.45, 2.75) is 87.0 Å². The summed E-state index contributed by atoms with van der Waals surface area (Å²) >= 11 is 0. The average Bonchev–Trinajstić information content (AvgIpc) is 2.71. The first kappa shape index (κ1) is 26.7. The van der Waals surface area contributed by atoms with Gasteiger partial charge in [-0.3, -0.25) is 0 Å². The molecule has 0 nitrogen and oxygen atoms in total. The third-order valence-electron chi connectivity index (χ3n) is 5.29. The number of allylic oxidation sites excluding steroid dienone is 1. The molecule has 0 aliphatic rings. The van der Waals surface area contributed by atoms with Crippen molar-refractivity contribution in [3.63, 3.8) is 0 Å². The summed E-state index contributed by atoms with van der Waals surface area (Å²) in [6.07, 6.45) is 13.7. The van der Waals surface area contributed by atoms with E-state index in [-0.39, 0.29) is 7.43 Å². The molecule has 0 aliphatic carbocycles. The number of unbranched alkanes of at least 4 members (excludes halogenated alkanes) is 2. The lowest BCUT2D eigenvalue weighted by molar-refractivity contribution is 0.753. The molecule has 2 aromatic carbocycles. The second-order valence-corrected chi connectivity index (χ2v) is 7.56. The van der Waals surface area contributed by atoms with E-state index >= 15 is 0 Å². The molecule has 158 valence electrons. The number of terminal acetylenes is 1. The molecule has 0 aromatic heterocycles. The van der Waals surface area contributed by atoms with Crippen molar-refractivity contribution in [3.05, 3.63) is 76.4 Å². The van der Waals surface area contributed by atoms with Gasteiger partial charge in [0.05, 0.1) is 0 Å². The van der Waals surface area contributed by atoms with Crippen molar-refractivity contribution < 1.29 is 0 Å². The number of hydrogen-bond donors (Lipinski definition) is 0. The molecule has 0 saturated heterocycles. The smallest absolute Gasteiger partial charge is 0.0274 e. The number of benzene rings is 2. The Kier molecular flexibility index (Phi) is 13.6. The van der Waals surface area contributed by atoms with Gasteiger partial charge in [0.15, 0.2) is 0 Å². The molecular formula is C29H42. The highest BCUT2D eigenvalue weighted by atomic mass is 14.1. The Labute approximate surface area is 181 Å². The zero-order valence-corrected chi connectivity index (χ0v) is 18.7. The molecule has 0 N–H and O–H groups in total. The zero-order valence-electron chi connectivity index (χ0n) is 18.7. The predicted octanol–water partition coefficient (Wildman–Crippen LogP) is 8.72. The van der Waals surface area contributed by atoms with E-state index in [1.165, 1.54) is 46.2 Å². The van der Waals surface area contributed by atoms with Gasteiger partial charge in [-0.25, -0.2) is 0 Å². The van der Waals surface area contributed by atoms with Gasteiger partial charge < -0.3 is 0 Å². The second kappa shape index (κ2) is 14.7. The van der Waals surface area contributed by atoms with Gasteiger partial charge in [0.2, 0.25) is 0 Å². The van der Waals surface area contributed by atoms with Crippen LogP contribution in [-0.2, 0) is 12.8 Å². The lowest BCUT2D eigenvalue weighted by Gasteiger charge is -2.14. The fraction of sp³-hybridized carbons (Fsp3) is 0.448. The number of aryl methyl sites for hydroxylation is 4. The molecule has 0 heteroatoms. The van der Waals surface area contributed by atoms with E-state index in [2.05, 4.69) is 71.4 Å². The van der Waals surface area contributed by atoms with Crippen LogP contribution in [0.2, 0.25) is 0 Å². The largest absolute Gasteiger partial charge is 0.115 e. The molecule has 0 aliphatic heterocycles. The minimum absolute atomic E-state index is 0. The molecular weight excluding hydrogens is 348 g/mol. The summed E-state index contributed by atoms with van der Waals surface area (Å²) in [6.45, 7) is 15.3. The van der Waals surface area contributed by atoms with E-state index in [9.17, 15) is 0 Å². The first-order chi connectivity index (χ1) is 13.5. The van der Waals surface area contributed by atoms with Crippen LogP contribution in [0.15, 0.2) is 43.0 Å². The fourth-order valence-corrected chi connectivity index (χ4v) is 3.33. The van der Waals surface area contributed by atoms with E-state index in [4.69, 9.17) is 6.42 Å². The van der Waals surface area contributed by atoms with E-state index in [1.807, 2.05) is 12.1 Å². The number of rotatable bonds is 8. The van der Waals surface area contributed by atoms with Crippen LogP contribution < -0.4 is 0 Å². The first-order valence-corrected chi connectivity index (χ1v) is 10.8. The minimum Gasteiger partial charge on any atom is -0.115 e. The Bertz CT molecular complexity index is 784. The summed E-state index contributed by atoms with van der Waals surface area (Å²) in [5.41, 5.74) is 9.06. The first-order valence-electron chi connectivity index (χ1n) is 10.8. The summed E-state index contributed by atoms with van der Waals surface area (Å²) in [4.78, 5) is 0. The van der Waals surface area contributed by atoms with Gasteiger partial charge in [-0.1, -0.05) is 83.9 Å². The van der Waals surface area contributed by atoms with Crippen molar-refractivity contribution in [1.82, 2.24) is 0 Å². The molecule has 2 aromatic rings. The van der Waals surface area contributed by atoms with Gasteiger partial charge in [-0.15, -0.1) is 6.42 Å². The van der Waals surface area contributed by atoms with Crippen LogP contribution in [0.3, 0.4) is 0 Å². The lowest BCUT2D eigenvalue weighted by Crippen LogP contribution is -1.96. The molecule has 0 atom stereocenters. The highest BCUT2D eigenvalue weighted by Gasteiger charge is 2.07. The molecule has 0 radical (unpaired) electrons. The van der Waals surface area contributed by atoms with E-state index in [0.29, 0.717) is 0 Å². The van der Waals surface area contributed by atoms with E-state index < -0.39 is 0 Å². The third-order valence-corrected chi connectivity index (χ3v) is 5.29. The SMILES string of the molecule is C.C#Cc1ccccc1CCCCC(=C)c1cc(CC)c(C)cc1C.CCCC. The monoisotopic (exact) mass is 390 g/mol. The average molecular weight is 391 g/mol. The summed E-state index contributed by atoms with van der Waals surface area (Å²) in [6, 6.07) is 12.9. The van der Waals surface area contributed by atoms with Gasteiger partial charge in [0.25, 0.3) is 0 Å². The van der Waals surface area contributed by atoms with Crippen LogP contribution in [0.5, 0.6) is 0 Å². The predicted molar refractivity (Wildman–Crippen MR) is 134 cm³/mol. The highest BCUT2D eigenvalue weighted by Crippen LogP contribution is 2.26. The molecule has 2 rings (SSSR count). The standard InChI is InChI=1S/C24H28.C4H10.CH4/c1-6-21-13-10-11-15-23(21)14-9-8-12-18(3)24-17-22(7-2)19(4)16-20(24)5;1-3-4-2;/h1,10-11,13,15-17H,3,7-9,12,14H2,2,4-5H3;3-4H2,1-2H3;1H4. The van der Waals surface area contributed by atoms with Crippen molar-refractivity contribution in [2.75, 3.05) is 0 Å². The van der Waals surface area contributed by atoms with Crippen LogP contribution in [0, 0.1) is 26.2 Å². The summed E-state index contributed by atoms with van der Waals surface area (Å²) in [5.74, 6) is 2.78. The molecule has 0 fully saturated rings. The van der Waals surface area contributed by atoms with Gasteiger partial charge >= 0.3 is 0 Å². The number of hydrogen-bond acceptors (Lipinski definition) is 0. The van der Waals surface area contributed by atoms with Crippen LogP contribution in [0.4, 0.5) is 0 Å². The van der Waals surface area contributed by atoms with Gasteiger partial charge in [-0.05, 0) is 85.4 Å². The molecule has 29 heavy (non-hydrogen) atoms. The van der Waals surface area contributed by atoms with Crippen LogP contribution in [-0.4, -0.2) is 0 Å². The molecule has 0 bridgehead atoms. The van der Waals surface area contributed by atoms with Crippen molar-refractivity contribution in [2.24, 2.45) is 0 Å². The van der Waals surface area contributed by atoms with Gasteiger partial charge in [0, 0.05) is 5.56 Å². The summed E-state index contributed by atoms with van der Waals surface area (Å²) < 4.78 is 0. The maximum Gasteiger partial charge on any atom is 0.0274 e. The van der Waals surface area contributed by atoms with Crippen molar-refractivity contribution in [1.29, 1.82) is 0 Å². The maximum atomic E-state index is 5.57. The topological polar surface area (TPSA) is 0 Å². The van der Waals surface area contributed by atoms with Crippen LogP contribution in [0.1, 0.15) is 93.7 Å². The van der Waals surface area contributed by atoms with E-state index in [0.717, 1.165) is 37.7 Å². The maximum absolute atomic E-state index is 5.57. The Balaban J connectivity index is 0.00000143. The van der Waals surface area contributed by atoms with Crippen molar-refractivity contribution in [3.8, 4) is 12.3 Å². The lowest BCUT2D eigenvalue weighted by atomic mass is 9.92. The molecule has 0 saturated carbocycles. The second-order valence-electron chi connectivity index (χ2n) is 7.56. The Morgan fingerprint density at radius 2 is 1.59 bits per heavy atom. The van der Waals surface area contributed by atoms with Gasteiger partial charge in [0.1, 0.15) is 0 Å². The Hall–Kier alpha value is -2.26. The van der Waals surface area contributed by atoms with E-state index in [1.54, 1.807) is 0 Å². The minimum atomic E-state index is 0. The molecule has 0 amide bonds. The normalized spacial score (nSPS) is 9.66. The van der Waals surface area contributed by atoms with Crippen molar-refractivity contribution >= 4 is 5.57 Å². The zero-order chi connectivity index (χ0) is 20.9. The van der Waals surface area contributed by atoms with Crippen LogP contribution >= 0.6 is 0 Å². The molecule has 0 unspecified atom stereocenters. The Morgan fingerprint density at radius 3 is 2.17 bits per heavy atom. The highest BCUT2D eigenvalue weighted by molar-refractivity contribution is 5.67. The van der Waals surface area contributed by atoms with Gasteiger partial charge in [-0.2, -0.15) is 0 Å². The molecule has 0 spiro atoms. The fourth-order valence-electron chi connectivity index (χ4n) is 3.33.